The Morgan fingerprint density at radius 1 is 1.25 bits per heavy atom. The van der Waals surface area contributed by atoms with Crippen LogP contribution in [-0.2, 0) is 16.0 Å². The number of hydrogen-bond acceptors (Lipinski definition) is 2. The van der Waals surface area contributed by atoms with Gasteiger partial charge in [-0.1, -0.05) is 12.5 Å². The van der Waals surface area contributed by atoms with Gasteiger partial charge in [0.15, 0.2) is 0 Å². The zero-order chi connectivity index (χ0) is 15.0. The zero-order valence-corrected chi connectivity index (χ0v) is 12.6. The van der Waals surface area contributed by atoms with Gasteiger partial charge in [-0.05, 0) is 46.5 Å². The number of rotatable bonds is 8. The van der Waals surface area contributed by atoms with E-state index in [1.165, 1.54) is 6.07 Å². The molecule has 4 nitrogen and oxygen atoms in total. The summed E-state index contributed by atoms with van der Waals surface area (Å²) in [5, 5.41) is 11.2. The molecule has 0 fully saturated rings. The molecule has 2 N–H and O–H groups in total. The van der Waals surface area contributed by atoms with Crippen LogP contribution in [0.4, 0.5) is 4.39 Å². The van der Waals surface area contributed by atoms with Gasteiger partial charge < -0.3 is 10.4 Å². The monoisotopic (exact) mass is 345 g/mol. The molecule has 0 radical (unpaired) electrons. The molecule has 0 saturated carbocycles. The lowest BCUT2D eigenvalue weighted by Gasteiger charge is -2.06. The van der Waals surface area contributed by atoms with Gasteiger partial charge in [0.25, 0.3) is 0 Å². The second kappa shape index (κ2) is 8.68. The molecule has 110 valence electrons. The van der Waals surface area contributed by atoms with Crippen LogP contribution in [0.15, 0.2) is 22.7 Å². The molecule has 0 heterocycles. The van der Waals surface area contributed by atoms with Gasteiger partial charge in [0.2, 0.25) is 5.91 Å². The summed E-state index contributed by atoms with van der Waals surface area (Å²) < 4.78 is 13.4. The Morgan fingerprint density at radius 3 is 2.65 bits per heavy atom. The average molecular weight is 346 g/mol. The lowest BCUT2D eigenvalue weighted by Crippen LogP contribution is -2.26. The molecule has 0 unspecified atom stereocenters. The zero-order valence-electron chi connectivity index (χ0n) is 11.0. The summed E-state index contributed by atoms with van der Waals surface area (Å²) in [6, 6.07) is 4.48. The fraction of sp³-hybridized carbons (Fsp3) is 0.429. The maximum absolute atomic E-state index is 13.0. The Morgan fingerprint density at radius 2 is 2.00 bits per heavy atom. The molecule has 0 saturated heterocycles. The molecule has 6 heteroatoms. The molecule has 1 aromatic carbocycles. The van der Waals surface area contributed by atoms with Crippen molar-refractivity contribution < 1.29 is 19.1 Å². The first-order valence-corrected chi connectivity index (χ1v) is 7.21. The molecule has 0 bridgehead atoms. The maximum atomic E-state index is 13.0. The smallest absolute Gasteiger partial charge is 0.303 e. The van der Waals surface area contributed by atoms with Crippen LogP contribution >= 0.6 is 15.9 Å². The first kappa shape index (κ1) is 16.6. The van der Waals surface area contributed by atoms with Crippen LogP contribution in [-0.4, -0.2) is 23.5 Å². The van der Waals surface area contributed by atoms with E-state index in [1.807, 2.05) is 0 Å². The summed E-state index contributed by atoms with van der Waals surface area (Å²) in [4.78, 5) is 21.9. The van der Waals surface area contributed by atoms with E-state index in [4.69, 9.17) is 5.11 Å². The minimum absolute atomic E-state index is 0.123. The van der Waals surface area contributed by atoms with Gasteiger partial charge in [0.05, 0.1) is 10.9 Å². The molecule has 1 rings (SSSR count). The largest absolute Gasteiger partial charge is 0.481 e. The van der Waals surface area contributed by atoms with E-state index in [0.29, 0.717) is 17.4 Å². The van der Waals surface area contributed by atoms with Crippen molar-refractivity contribution >= 4 is 27.8 Å². The highest BCUT2D eigenvalue weighted by Gasteiger charge is 2.05. The van der Waals surface area contributed by atoms with Gasteiger partial charge in [0.1, 0.15) is 5.82 Å². The van der Waals surface area contributed by atoms with Crippen LogP contribution < -0.4 is 5.32 Å². The third-order valence-electron chi connectivity index (χ3n) is 2.74. The fourth-order valence-electron chi connectivity index (χ4n) is 1.70. The van der Waals surface area contributed by atoms with Gasteiger partial charge >= 0.3 is 5.97 Å². The van der Waals surface area contributed by atoms with Crippen molar-refractivity contribution in [3.05, 3.63) is 34.1 Å². The standard InChI is InChI=1S/C14H17BrFNO3/c15-11-8-10(5-6-12(11)16)9-13(18)17-7-3-1-2-4-14(19)20/h5-6,8H,1-4,7,9H2,(H,17,18)(H,19,20). The van der Waals surface area contributed by atoms with Crippen molar-refractivity contribution in [2.75, 3.05) is 6.54 Å². The minimum atomic E-state index is -0.795. The van der Waals surface area contributed by atoms with Crippen LogP contribution in [0.3, 0.4) is 0 Å². The van der Waals surface area contributed by atoms with Crippen LogP contribution in [0.25, 0.3) is 0 Å². The van der Waals surface area contributed by atoms with Crippen LogP contribution in [0.5, 0.6) is 0 Å². The third-order valence-corrected chi connectivity index (χ3v) is 3.35. The number of nitrogens with one attached hydrogen (secondary N) is 1. The molecular formula is C14H17BrFNO3. The number of amides is 1. The van der Waals surface area contributed by atoms with Gasteiger partial charge in [0, 0.05) is 13.0 Å². The molecule has 0 atom stereocenters. The van der Waals surface area contributed by atoms with Crippen molar-refractivity contribution in [3.63, 3.8) is 0 Å². The number of aliphatic carboxylic acids is 1. The van der Waals surface area contributed by atoms with Gasteiger partial charge in [-0.15, -0.1) is 0 Å². The number of benzene rings is 1. The van der Waals surface area contributed by atoms with E-state index in [-0.39, 0.29) is 24.6 Å². The Kier molecular flexibility index (Phi) is 7.22. The predicted octanol–water partition coefficient (Wildman–Crippen LogP) is 2.89. The maximum Gasteiger partial charge on any atom is 0.303 e. The number of unbranched alkanes of at least 4 members (excludes halogenated alkanes) is 2. The minimum Gasteiger partial charge on any atom is -0.481 e. The number of carboxylic acid groups (broad SMARTS) is 1. The number of carboxylic acids is 1. The number of hydrogen-bond donors (Lipinski definition) is 2. The summed E-state index contributed by atoms with van der Waals surface area (Å²) in [6.45, 7) is 0.529. The highest BCUT2D eigenvalue weighted by molar-refractivity contribution is 9.10. The van der Waals surface area contributed by atoms with E-state index in [2.05, 4.69) is 21.2 Å². The number of carbonyl (C=O) groups excluding carboxylic acids is 1. The molecule has 0 aromatic heterocycles. The molecule has 0 aliphatic rings. The van der Waals surface area contributed by atoms with E-state index in [9.17, 15) is 14.0 Å². The normalized spacial score (nSPS) is 10.3. The van der Waals surface area contributed by atoms with Crippen molar-refractivity contribution in [1.29, 1.82) is 0 Å². The molecule has 20 heavy (non-hydrogen) atoms. The Hall–Kier alpha value is -1.43. The molecule has 0 aliphatic heterocycles. The number of carbonyl (C=O) groups is 2. The summed E-state index contributed by atoms with van der Waals surface area (Å²) in [6.07, 6.45) is 2.52. The van der Waals surface area contributed by atoms with Crippen LogP contribution in [0.1, 0.15) is 31.2 Å². The predicted molar refractivity (Wildman–Crippen MR) is 76.9 cm³/mol. The SMILES string of the molecule is O=C(O)CCCCCNC(=O)Cc1ccc(F)c(Br)c1. The van der Waals surface area contributed by atoms with Crippen LogP contribution in [0, 0.1) is 5.82 Å². The van der Waals surface area contributed by atoms with Crippen molar-refractivity contribution in [1.82, 2.24) is 5.32 Å². The highest BCUT2D eigenvalue weighted by Crippen LogP contribution is 2.17. The molecule has 0 spiro atoms. The summed E-state index contributed by atoms with van der Waals surface area (Å²) in [5.41, 5.74) is 0.738. The second-order valence-electron chi connectivity index (χ2n) is 4.48. The first-order chi connectivity index (χ1) is 9.49. The van der Waals surface area contributed by atoms with E-state index in [1.54, 1.807) is 12.1 Å². The lowest BCUT2D eigenvalue weighted by molar-refractivity contribution is -0.137. The quantitative estimate of drug-likeness (QED) is 0.712. The molecule has 1 aromatic rings. The fourth-order valence-corrected chi connectivity index (χ4v) is 2.13. The van der Waals surface area contributed by atoms with Gasteiger partial charge in [-0.3, -0.25) is 9.59 Å². The Labute approximate surface area is 125 Å². The van der Waals surface area contributed by atoms with E-state index < -0.39 is 5.97 Å². The summed E-state index contributed by atoms with van der Waals surface area (Å²) in [5.74, 6) is -1.27. The highest BCUT2D eigenvalue weighted by atomic mass is 79.9. The number of halogens is 2. The first-order valence-electron chi connectivity index (χ1n) is 6.41. The summed E-state index contributed by atoms with van der Waals surface area (Å²) in [7, 11) is 0. The van der Waals surface area contributed by atoms with E-state index >= 15 is 0 Å². The summed E-state index contributed by atoms with van der Waals surface area (Å²) >= 11 is 3.07. The third kappa shape index (κ3) is 6.65. The molecule has 0 aliphatic carbocycles. The lowest BCUT2D eigenvalue weighted by atomic mass is 10.1. The second-order valence-corrected chi connectivity index (χ2v) is 5.33. The van der Waals surface area contributed by atoms with Gasteiger partial charge in [-0.25, -0.2) is 4.39 Å². The van der Waals surface area contributed by atoms with Crippen molar-refractivity contribution in [2.45, 2.75) is 32.1 Å². The Balaban J connectivity index is 2.20. The molecular weight excluding hydrogens is 329 g/mol. The van der Waals surface area contributed by atoms with Crippen LogP contribution in [0.2, 0.25) is 0 Å². The molecule has 1 amide bonds. The van der Waals surface area contributed by atoms with Crippen molar-refractivity contribution in [3.8, 4) is 0 Å². The topological polar surface area (TPSA) is 66.4 Å². The van der Waals surface area contributed by atoms with E-state index in [0.717, 1.165) is 18.4 Å². The average Bonchev–Trinajstić information content (AvgIpc) is 2.38. The van der Waals surface area contributed by atoms with Gasteiger partial charge in [-0.2, -0.15) is 0 Å². The van der Waals surface area contributed by atoms with Crippen molar-refractivity contribution in [2.24, 2.45) is 0 Å². The Bertz CT molecular complexity index is 479.